The Kier molecular flexibility index (Phi) is 5.36. The van der Waals surface area contributed by atoms with Crippen LogP contribution in [-0.2, 0) is 0 Å². The average molecular weight is 298 g/mol. The first-order chi connectivity index (χ1) is 10.5. The summed E-state index contributed by atoms with van der Waals surface area (Å²) in [4.78, 5) is 9.01. The minimum absolute atomic E-state index is 0.463. The molecule has 2 rings (SSSR count). The molecule has 0 radical (unpaired) electrons. The highest BCUT2D eigenvalue weighted by Crippen LogP contribution is 2.26. The zero-order valence-electron chi connectivity index (χ0n) is 14.1. The molecular formula is C18H26N4. The molecule has 4 heteroatoms. The topological polar surface area (TPSA) is 49.8 Å². The molecule has 0 saturated carbocycles. The molecule has 2 aromatic rings. The predicted molar refractivity (Wildman–Crippen MR) is 93.9 cm³/mol. The Morgan fingerprint density at radius 2 is 1.77 bits per heavy atom. The zero-order valence-corrected chi connectivity index (χ0v) is 14.1. The van der Waals surface area contributed by atoms with E-state index in [-0.39, 0.29) is 0 Å². The van der Waals surface area contributed by atoms with Crippen LogP contribution in [0.3, 0.4) is 0 Å². The number of anilines is 3. The largest absolute Gasteiger partial charge is 0.354 e. The van der Waals surface area contributed by atoms with Gasteiger partial charge in [0.2, 0.25) is 5.95 Å². The zero-order chi connectivity index (χ0) is 16.1. The van der Waals surface area contributed by atoms with Crippen LogP contribution >= 0.6 is 0 Å². The average Bonchev–Trinajstić information content (AvgIpc) is 2.45. The van der Waals surface area contributed by atoms with Gasteiger partial charge in [0.25, 0.3) is 0 Å². The van der Waals surface area contributed by atoms with E-state index < -0.39 is 0 Å². The highest BCUT2D eigenvalue weighted by Gasteiger charge is 2.08. The lowest BCUT2D eigenvalue weighted by Crippen LogP contribution is -2.12. The van der Waals surface area contributed by atoms with Gasteiger partial charge in [-0.2, -0.15) is 4.98 Å². The summed E-state index contributed by atoms with van der Waals surface area (Å²) < 4.78 is 0. The molecule has 0 atom stereocenters. The van der Waals surface area contributed by atoms with Gasteiger partial charge >= 0.3 is 0 Å². The van der Waals surface area contributed by atoms with E-state index in [4.69, 9.17) is 0 Å². The van der Waals surface area contributed by atoms with Crippen LogP contribution in [0.4, 0.5) is 17.5 Å². The number of hydrogen-bond acceptors (Lipinski definition) is 4. The van der Waals surface area contributed by atoms with Gasteiger partial charge in [0, 0.05) is 24.0 Å². The highest BCUT2D eigenvalue weighted by atomic mass is 15.1. The first-order valence-corrected chi connectivity index (χ1v) is 7.91. The van der Waals surface area contributed by atoms with E-state index >= 15 is 0 Å². The number of hydrogen-bond donors (Lipinski definition) is 2. The van der Waals surface area contributed by atoms with E-state index in [0.29, 0.717) is 17.8 Å². The number of aromatic nitrogens is 2. The summed E-state index contributed by atoms with van der Waals surface area (Å²) >= 11 is 0. The second-order valence-corrected chi connectivity index (χ2v) is 6.36. The van der Waals surface area contributed by atoms with Crippen LogP contribution < -0.4 is 10.6 Å². The molecule has 118 valence electrons. The molecule has 0 aliphatic rings. The third kappa shape index (κ3) is 4.45. The van der Waals surface area contributed by atoms with E-state index in [9.17, 15) is 0 Å². The number of rotatable bonds is 6. The van der Waals surface area contributed by atoms with Gasteiger partial charge in [-0.1, -0.05) is 45.9 Å². The van der Waals surface area contributed by atoms with Crippen molar-refractivity contribution in [1.29, 1.82) is 0 Å². The van der Waals surface area contributed by atoms with Crippen molar-refractivity contribution >= 4 is 17.5 Å². The van der Waals surface area contributed by atoms with Gasteiger partial charge < -0.3 is 10.6 Å². The summed E-state index contributed by atoms with van der Waals surface area (Å²) in [5.41, 5.74) is 3.34. The second kappa shape index (κ2) is 7.25. The fourth-order valence-corrected chi connectivity index (χ4v) is 2.26. The first kappa shape index (κ1) is 16.3. The molecule has 0 aliphatic heterocycles. The van der Waals surface area contributed by atoms with Gasteiger partial charge in [-0.25, -0.2) is 4.98 Å². The van der Waals surface area contributed by atoms with Gasteiger partial charge in [-0.3, -0.25) is 0 Å². The maximum atomic E-state index is 4.57. The quantitative estimate of drug-likeness (QED) is 0.810. The summed E-state index contributed by atoms with van der Waals surface area (Å²) in [6, 6.07) is 10.3. The van der Waals surface area contributed by atoms with Crippen molar-refractivity contribution in [2.24, 2.45) is 5.92 Å². The van der Waals surface area contributed by atoms with Crippen LogP contribution in [0, 0.1) is 12.8 Å². The summed E-state index contributed by atoms with van der Waals surface area (Å²) in [7, 11) is 0. The van der Waals surface area contributed by atoms with Crippen LogP contribution in [-0.4, -0.2) is 16.5 Å². The number of aryl methyl sites for hydroxylation is 1. The predicted octanol–water partition coefficient (Wildman–Crippen LogP) is 4.72. The number of para-hydroxylation sites is 1. The van der Waals surface area contributed by atoms with Crippen molar-refractivity contribution < 1.29 is 0 Å². The molecule has 0 amide bonds. The Balaban J connectivity index is 2.23. The molecule has 2 N–H and O–H groups in total. The Bertz CT molecular complexity index is 620. The number of nitrogens with zero attached hydrogens (tertiary/aromatic N) is 2. The summed E-state index contributed by atoms with van der Waals surface area (Å²) in [5.74, 6) is 2.53. The molecule has 0 bridgehead atoms. The molecule has 22 heavy (non-hydrogen) atoms. The van der Waals surface area contributed by atoms with Crippen LogP contribution in [0.5, 0.6) is 0 Å². The van der Waals surface area contributed by atoms with Gasteiger partial charge in [0.05, 0.1) is 0 Å². The van der Waals surface area contributed by atoms with Gasteiger partial charge in [0.15, 0.2) is 0 Å². The smallest absolute Gasteiger partial charge is 0.224 e. The Morgan fingerprint density at radius 3 is 2.45 bits per heavy atom. The fourth-order valence-electron chi connectivity index (χ4n) is 2.26. The maximum absolute atomic E-state index is 4.57. The normalized spacial score (nSPS) is 11.0. The highest BCUT2D eigenvalue weighted by molar-refractivity contribution is 5.62. The molecular weight excluding hydrogens is 272 g/mol. The minimum atomic E-state index is 0.463. The molecule has 0 unspecified atom stereocenters. The third-order valence-electron chi connectivity index (χ3n) is 3.37. The standard InChI is InChI=1S/C18H26N4/c1-12(2)11-19-18-20-14(5)10-17(22-18)21-16-9-7-6-8-15(16)13(3)4/h6-10,12-13H,11H2,1-5H3,(H2,19,20,21,22). The van der Waals surface area contributed by atoms with E-state index in [2.05, 4.69) is 66.5 Å². The van der Waals surface area contributed by atoms with Gasteiger partial charge in [0.1, 0.15) is 5.82 Å². The first-order valence-electron chi connectivity index (χ1n) is 7.91. The summed E-state index contributed by atoms with van der Waals surface area (Å²) in [6.07, 6.45) is 0. The minimum Gasteiger partial charge on any atom is -0.354 e. The van der Waals surface area contributed by atoms with Crippen molar-refractivity contribution in [2.75, 3.05) is 17.2 Å². The van der Waals surface area contributed by atoms with Crippen molar-refractivity contribution in [2.45, 2.75) is 40.5 Å². The third-order valence-corrected chi connectivity index (χ3v) is 3.37. The van der Waals surface area contributed by atoms with E-state index in [0.717, 1.165) is 23.7 Å². The lowest BCUT2D eigenvalue weighted by molar-refractivity contribution is 0.684. The van der Waals surface area contributed by atoms with Crippen molar-refractivity contribution in [3.05, 3.63) is 41.6 Å². The van der Waals surface area contributed by atoms with E-state index in [1.165, 1.54) is 5.56 Å². The molecule has 0 saturated heterocycles. The molecule has 1 heterocycles. The van der Waals surface area contributed by atoms with Gasteiger partial charge in [-0.05, 0) is 30.4 Å². The Labute approximate surface area is 133 Å². The number of nitrogens with one attached hydrogen (secondary N) is 2. The molecule has 4 nitrogen and oxygen atoms in total. The van der Waals surface area contributed by atoms with Crippen LogP contribution in [0.15, 0.2) is 30.3 Å². The second-order valence-electron chi connectivity index (χ2n) is 6.36. The SMILES string of the molecule is Cc1cc(Nc2ccccc2C(C)C)nc(NCC(C)C)n1. The summed E-state index contributed by atoms with van der Waals surface area (Å²) in [6.45, 7) is 11.6. The monoisotopic (exact) mass is 298 g/mol. The number of benzene rings is 1. The van der Waals surface area contributed by atoms with Crippen LogP contribution in [0.2, 0.25) is 0 Å². The van der Waals surface area contributed by atoms with Crippen molar-refractivity contribution in [3.63, 3.8) is 0 Å². The van der Waals surface area contributed by atoms with Crippen LogP contribution in [0.1, 0.15) is 44.9 Å². The van der Waals surface area contributed by atoms with Crippen molar-refractivity contribution in [1.82, 2.24) is 9.97 Å². The fraction of sp³-hybridized carbons (Fsp3) is 0.444. The Morgan fingerprint density at radius 1 is 1.05 bits per heavy atom. The summed E-state index contributed by atoms with van der Waals surface area (Å²) in [5, 5.41) is 6.72. The van der Waals surface area contributed by atoms with Gasteiger partial charge in [-0.15, -0.1) is 0 Å². The molecule has 1 aromatic carbocycles. The lowest BCUT2D eigenvalue weighted by Gasteiger charge is -2.15. The molecule has 1 aromatic heterocycles. The molecule has 0 aliphatic carbocycles. The van der Waals surface area contributed by atoms with E-state index in [1.807, 2.05) is 19.1 Å². The Hall–Kier alpha value is -2.10. The van der Waals surface area contributed by atoms with Crippen molar-refractivity contribution in [3.8, 4) is 0 Å². The molecule has 0 spiro atoms. The van der Waals surface area contributed by atoms with E-state index in [1.54, 1.807) is 0 Å². The lowest BCUT2D eigenvalue weighted by atomic mass is 10.0. The molecule has 0 fully saturated rings. The van der Waals surface area contributed by atoms with Crippen LogP contribution in [0.25, 0.3) is 0 Å². The maximum Gasteiger partial charge on any atom is 0.224 e.